The minimum absolute atomic E-state index is 0.0339. The monoisotopic (exact) mass is 506 g/mol. The zero-order chi connectivity index (χ0) is 24.8. The first-order valence-electron chi connectivity index (χ1n) is 10.6. The number of carbonyl (C=O) groups excluding carboxylic acids is 2. The number of hydrogen-bond acceptors (Lipinski definition) is 5. The zero-order valence-electron chi connectivity index (χ0n) is 18.6. The summed E-state index contributed by atoms with van der Waals surface area (Å²) in [5, 5.41) is 3.50. The Balaban J connectivity index is 1.45. The molecule has 0 atom stereocenters. The molecule has 0 unspecified atom stereocenters. The maximum absolute atomic E-state index is 12.7. The number of rotatable bonds is 7. The lowest BCUT2D eigenvalue weighted by Crippen LogP contribution is -2.06. The van der Waals surface area contributed by atoms with Crippen LogP contribution in [0.3, 0.4) is 0 Å². The van der Waals surface area contributed by atoms with Gasteiger partial charge in [0.2, 0.25) is 5.91 Å². The number of nitrogens with one attached hydrogen (secondary N) is 1. The number of benzene rings is 3. The lowest BCUT2D eigenvalue weighted by molar-refractivity contribution is -0.114. The van der Waals surface area contributed by atoms with Gasteiger partial charge in [0, 0.05) is 28.8 Å². The number of ether oxygens (including phenoxy) is 1. The first-order chi connectivity index (χ1) is 16.9. The molecule has 8 heteroatoms. The van der Waals surface area contributed by atoms with Crippen molar-refractivity contribution in [2.24, 2.45) is 4.99 Å². The van der Waals surface area contributed by atoms with Gasteiger partial charge in [-0.3, -0.25) is 9.79 Å². The fourth-order valence-electron chi connectivity index (χ4n) is 3.22. The largest absolute Gasteiger partial charge is 0.457 e. The number of amides is 1. The third kappa shape index (κ3) is 6.38. The van der Waals surface area contributed by atoms with E-state index in [9.17, 15) is 9.59 Å². The van der Waals surface area contributed by atoms with Crippen LogP contribution in [-0.4, -0.2) is 18.1 Å². The summed E-state index contributed by atoms with van der Waals surface area (Å²) < 4.78 is 11.3. The molecule has 0 saturated carbocycles. The van der Waals surface area contributed by atoms with Crippen LogP contribution in [0.1, 0.15) is 28.6 Å². The minimum Gasteiger partial charge on any atom is -0.457 e. The third-order valence-electron chi connectivity index (χ3n) is 4.94. The smallest absolute Gasteiger partial charge is 0.340 e. The lowest BCUT2D eigenvalue weighted by Gasteiger charge is -2.09. The number of carbonyl (C=O) groups is 2. The molecule has 1 N–H and O–H groups in total. The average Bonchev–Trinajstić information content (AvgIpc) is 3.32. The SMILES string of the molecule is CC(=O)Nc1ccc(N=Cc2ccc(-c3ccc(Cl)c(C(=O)OCc4ccccc4Cl)c3)o2)cc1. The number of nitrogens with zero attached hydrogens (tertiary/aromatic N) is 1. The van der Waals surface area contributed by atoms with Gasteiger partial charge in [0.05, 0.1) is 22.5 Å². The summed E-state index contributed by atoms with van der Waals surface area (Å²) in [6.45, 7) is 1.49. The summed E-state index contributed by atoms with van der Waals surface area (Å²) in [6, 6.07) is 22.8. The zero-order valence-corrected chi connectivity index (χ0v) is 20.1. The van der Waals surface area contributed by atoms with E-state index >= 15 is 0 Å². The second-order valence-corrected chi connectivity index (χ2v) is 8.36. The number of halogens is 2. The Morgan fingerprint density at radius 2 is 1.74 bits per heavy atom. The van der Waals surface area contributed by atoms with Gasteiger partial charge in [-0.25, -0.2) is 4.79 Å². The van der Waals surface area contributed by atoms with Crippen LogP contribution in [0.2, 0.25) is 10.0 Å². The number of furan rings is 1. The van der Waals surface area contributed by atoms with Gasteiger partial charge in [-0.05, 0) is 60.7 Å². The molecule has 0 bridgehead atoms. The van der Waals surface area contributed by atoms with Crippen molar-refractivity contribution in [3.8, 4) is 11.3 Å². The summed E-state index contributed by atoms with van der Waals surface area (Å²) >= 11 is 12.4. The molecule has 3 aromatic carbocycles. The second kappa shape index (κ2) is 11.0. The summed E-state index contributed by atoms with van der Waals surface area (Å²) in [6.07, 6.45) is 1.59. The van der Waals surface area contributed by atoms with Crippen LogP contribution in [0, 0.1) is 0 Å². The predicted octanol–water partition coefficient (Wildman–Crippen LogP) is 7.32. The van der Waals surface area contributed by atoms with E-state index in [1.807, 2.05) is 6.07 Å². The van der Waals surface area contributed by atoms with Gasteiger partial charge in [-0.1, -0.05) is 41.4 Å². The van der Waals surface area contributed by atoms with Crippen molar-refractivity contribution in [2.45, 2.75) is 13.5 Å². The van der Waals surface area contributed by atoms with E-state index < -0.39 is 5.97 Å². The molecule has 0 radical (unpaired) electrons. The van der Waals surface area contributed by atoms with Crippen molar-refractivity contribution in [3.05, 3.63) is 106 Å². The number of anilines is 1. The quantitative estimate of drug-likeness (QED) is 0.210. The Bertz CT molecular complexity index is 1390. The van der Waals surface area contributed by atoms with Crippen LogP contribution in [0.4, 0.5) is 11.4 Å². The number of esters is 1. The average molecular weight is 507 g/mol. The lowest BCUT2D eigenvalue weighted by atomic mass is 10.1. The minimum atomic E-state index is -0.562. The molecule has 1 amide bonds. The molecule has 4 aromatic rings. The van der Waals surface area contributed by atoms with Gasteiger partial charge >= 0.3 is 5.97 Å². The summed E-state index contributed by atoms with van der Waals surface area (Å²) in [5.41, 5.74) is 2.99. The molecular formula is C27H20Cl2N2O4. The van der Waals surface area contributed by atoms with Crippen LogP contribution in [0.15, 0.2) is 88.3 Å². The van der Waals surface area contributed by atoms with Crippen molar-refractivity contribution in [1.82, 2.24) is 0 Å². The van der Waals surface area contributed by atoms with Gasteiger partial charge in [0.25, 0.3) is 0 Å². The molecule has 176 valence electrons. The maximum Gasteiger partial charge on any atom is 0.340 e. The summed E-state index contributed by atoms with van der Waals surface area (Å²) in [7, 11) is 0. The Hall–Kier alpha value is -3.87. The molecule has 1 heterocycles. The van der Waals surface area contributed by atoms with E-state index in [0.717, 1.165) is 0 Å². The van der Waals surface area contributed by atoms with Crippen LogP contribution in [-0.2, 0) is 16.1 Å². The van der Waals surface area contributed by atoms with E-state index in [1.165, 1.54) is 6.92 Å². The Morgan fingerprint density at radius 1 is 0.971 bits per heavy atom. The second-order valence-electron chi connectivity index (χ2n) is 7.55. The first-order valence-corrected chi connectivity index (χ1v) is 11.4. The van der Waals surface area contributed by atoms with E-state index in [0.29, 0.717) is 39.0 Å². The predicted molar refractivity (Wildman–Crippen MR) is 138 cm³/mol. The Labute approximate surface area is 212 Å². The summed E-state index contributed by atoms with van der Waals surface area (Å²) in [5.74, 6) is 0.379. The Kier molecular flexibility index (Phi) is 7.65. The standard InChI is InChI=1S/C27H20Cl2N2O4/c1-17(32)31-21-9-7-20(8-10-21)30-15-22-11-13-26(35-22)18-6-12-25(29)23(14-18)27(33)34-16-19-4-2-3-5-24(19)28/h2-15H,16H2,1H3,(H,31,32). The molecule has 1 aromatic heterocycles. The molecule has 35 heavy (non-hydrogen) atoms. The number of hydrogen-bond donors (Lipinski definition) is 1. The number of aliphatic imine (C=N–C) groups is 1. The van der Waals surface area contributed by atoms with Crippen LogP contribution < -0.4 is 5.32 Å². The fourth-order valence-corrected chi connectivity index (χ4v) is 3.61. The summed E-state index contributed by atoms with van der Waals surface area (Å²) in [4.78, 5) is 28.2. The Morgan fingerprint density at radius 3 is 2.49 bits per heavy atom. The highest BCUT2D eigenvalue weighted by atomic mass is 35.5. The van der Waals surface area contributed by atoms with Gasteiger partial charge in [0.1, 0.15) is 18.1 Å². The normalized spacial score (nSPS) is 10.9. The van der Waals surface area contributed by atoms with Crippen molar-refractivity contribution in [1.29, 1.82) is 0 Å². The topological polar surface area (TPSA) is 80.9 Å². The van der Waals surface area contributed by atoms with Crippen molar-refractivity contribution < 1.29 is 18.7 Å². The third-order valence-corrected chi connectivity index (χ3v) is 5.64. The molecule has 0 aliphatic heterocycles. The fraction of sp³-hybridized carbons (Fsp3) is 0.0741. The van der Waals surface area contributed by atoms with E-state index in [-0.39, 0.29) is 23.1 Å². The van der Waals surface area contributed by atoms with Crippen LogP contribution in [0.25, 0.3) is 11.3 Å². The van der Waals surface area contributed by atoms with Gasteiger partial charge in [-0.15, -0.1) is 0 Å². The maximum atomic E-state index is 12.7. The molecular weight excluding hydrogens is 487 g/mol. The molecule has 0 aliphatic rings. The van der Waals surface area contributed by atoms with E-state index in [1.54, 1.807) is 79.0 Å². The van der Waals surface area contributed by atoms with Crippen LogP contribution in [0.5, 0.6) is 0 Å². The highest BCUT2D eigenvalue weighted by molar-refractivity contribution is 6.33. The first kappa shape index (κ1) is 24.3. The molecule has 0 spiro atoms. The van der Waals surface area contributed by atoms with Crippen molar-refractivity contribution in [2.75, 3.05) is 5.32 Å². The highest BCUT2D eigenvalue weighted by Gasteiger charge is 2.15. The highest BCUT2D eigenvalue weighted by Crippen LogP contribution is 2.28. The van der Waals surface area contributed by atoms with Crippen molar-refractivity contribution in [3.63, 3.8) is 0 Å². The van der Waals surface area contributed by atoms with Gasteiger partial charge in [-0.2, -0.15) is 0 Å². The van der Waals surface area contributed by atoms with Gasteiger partial charge in [0.15, 0.2) is 0 Å². The molecule has 0 aliphatic carbocycles. The molecule has 4 rings (SSSR count). The molecule has 0 fully saturated rings. The van der Waals surface area contributed by atoms with Crippen LogP contribution >= 0.6 is 23.2 Å². The molecule has 6 nitrogen and oxygen atoms in total. The van der Waals surface area contributed by atoms with Crippen molar-refractivity contribution >= 4 is 52.7 Å². The van der Waals surface area contributed by atoms with Gasteiger partial charge < -0.3 is 14.5 Å². The van der Waals surface area contributed by atoms with E-state index in [2.05, 4.69) is 10.3 Å². The molecule has 0 saturated heterocycles. The van der Waals surface area contributed by atoms with E-state index in [4.69, 9.17) is 32.4 Å².